The molecule has 50 valence electrons. The van der Waals surface area contributed by atoms with E-state index in [1.807, 2.05) is 0 Å². The molecule has 0 atom stereocenters. The molecule has 0 rings (SSSR count). The Labute approximate surface area is 123 Å². The third kappa shape index (κ3) is 7.68. The summed E-state index contributed by atoms with van der Waals surface area (Å²) in [7, 11) is 0. The number of carbonyl (C=O) groups is 2. The van der Waals surface area contributed by atoms with Crippen molar-refractivity contribution in [3.8, 4) is 0 Å². The van der Waals surface area contributed by atoms with E-state index in [1.54, 1.807) is 0 Å². The fourth-order valence-corrected chi connectivity index (χ4v) is 0.106. The predicted octanol–water partition coefficient (Wildman–Crippen LogP) is -1.51. The van der Waals surface area contributed by atoms with Gasteiger partial charge in [-0.3, -0.25) is 9.59 Å². The molecule has 0 fully saturated rings. The summed E-state index contributed by atoms with van der Waals surface area (Å²) < 4.78 is 0. The minimum atomic E-state index is -1.31. The topological polar surface area (TPSA) is 74.6 Å². The summed E-state index contributed by atoms with van der Waals surface area (Å²) >= 11 is 0. The minimum absolute atomic E-state index is 0. The molecule has 0 aromatic heterocycles. The van der Waals surface area contributed by atoms with Gasteiger partial charge in [-0.1, -0.05) is 0 Å². The van der Waals surface area contributed by atoms with E-state index in [-0.39, 0.29) is 80.9 Å². The van der Waals surface area contributed by atoms with Crippen molar-refractivity contribution in [1.29, 1.82) is 0 Å². The molecule has 0 radical (unpaired) electrons. The van der Waals surface area contributed by atoms with Crippen molar-refractivity contribution >= 4 is 92.9 Å². The Morgan fingerprint density at radius 2 is 1.40 bits per heavy atom. The van der Waals surface area contributed by atoms with E-state index in [0.717, 1.165) is 6.92 Å². The van der Waals surface area contributed by atoms with Gasteiger partial charge in [0.25, 0.3) is 0 Å². The molecule has 0 bridgehead atoms. The van der Waals surface area contributed by atoms with Crippen molar-refractivity contribution in [2.75, 3.05) is 0 Å². The van der Waals surface area contributed by atoms with E-state index < -0.39 is 17.9 Å². The molecule has 0 unspecified atom stereocenters. The second-order valence-corrected chi connectivity index (χ2v) is 1.40. The van der Waals surface area contributed by atoms with Crippen LogP contribution in [0.3, 0.4) is 0 Å². The van der Waals surface area contributed by atoms with Crippen molar-refractivity contribution in [2.24, 2.45) is 5.92 Å². The van der Waals surface area contributed by atoms with Crippen LogP contribution in [0.15, 0.2) is 0 Å². The van der Waals surface area contributed by atoms with Crippen molar-refractivity contribution in [3.63, 3.8) is 0 Å². The summed E-state index contributed by atoms with van der Waals surface area (Å²) in [5.74, 6) is -3.91. The van der Waals surface area contributed by atoms with Crippen LogP contribution in [-0.4, -0.2) is 103 Å². The van der Waals surface area contributed by atoms with E-state index in [9.17, 15) is 9.59 Å². The number of hydrogen-bond acceptors (Lipinski definition) is 2. The summed E-state index contributed by atoms with van der Waals surface area (Å²) in [5, 5.41) is 15.9. The molecule has 2 N–H and O–H groups in total. The Balaban J connectivity index is -0.000000245. The summed E-state index contributed by atoms with van der Waals surface area (Å²) in [5.41, 5.74) is 0. The van der Waals surface area contributed by atoms with Gasteiger partial charge in [0.05, 0.1) is 0 Å². The molecule has 0 aromatic carbocycles. The molecule has 0 saturated heterocycles. The van der Waals surface area contributed by atoms with Crippen molar-refractivity contribution < 1.29 is 19.8 Å². The van der Waals surface area contributed by atoms with Gasteiger partial charge in [0.1, 0.15) is 0 Å². The first-order chi connectivity index (χ1) is 3.55. The molecule has 0 spiro atoms. The van der Waals surface area contributed by atoms with E-state index in [2.05, 4.69) is 0 Å². The van der Waals surface area contributed by atoms with E-state index in [4.69, 9.17) is 10.2 Å². The number of rotatable bonds is 2. The average molecular weight is 182 g/mol. The Morgan fingerprint density at radius 3 is 1.40 bits per heavy atom. The van der Waals surface area contributed by atoms with Gasteiger partial charge in [-0.05, 0) is 6.92 Å². The third-order valence-corrected chi connectivity index (χ3v) is 0.741. The third-order valence-electron chi connectivity index (χ3n) is 0.741. The fourth-order valence-electron chi connectivity index (χ4n) is 0.106. The van der Waals surface area contributed by atoms with Gasteiger partial charge >= 0.3 is 92.9 Å². The Hall–Kier alpha value is 1.58. The summed E-state index contributed by atoms with van der Waals surface area (Å²) in [4.78, 5) is 19.5. The maximum atomic E-state index is 9.76. The van der Waals surface area contributed by atoms with Crippen LogP contribution in [0.1, 0.15) is 6.92 Å². The van der Waals surface area contributed by atoms with Crippen LogP contribution in [0.4, 0.5) is 0 Å². The molecule has 0 amide bonds. The van der Waals surface area contributed by atoms with Crippen molar-refractivity contribution in [1.82, 2.24) is 0 Å². The van der Waals surface area contributed by atoms with Crippen LogP contribution in [0.2, 0.25) is 0 Å². The molecule has 0 aliphatic rings. The van der Waals surface area contributed by atoms with E-state index in [1.165, 1.54) is 0 Å². The molecule has 0 saturated carbocycles. The van der Waals surface area contributed by atoms with E-state index in [0.29, 0.717) is 0 Å². The van der Waals surface area contributed by atoms with Gasteiger partial charge in [-0.25, -0.2) is 0 Å². The second-order valence-electron chi connectivity index (χ2n) is 1.40. The second kappa shape index (κ2) is 8.67. The van der Waals surface area contributed by atoms with Crippen LogP contribution in [0.5, 0.6) is 0 Å². The van der Waals surface area contributed by atoms with E-state index >= 15 is 0 Å². The molecule has 4 nitrogen and oxygen atoms in total. The first-order valence-electron chi connectivity index (χ1n) is 2.01. The number of hydrogen-bond donors (Lipinski definition) is 2. The summed E-state index contributed by atoms with van der Waals surface area (Å²) in [6, 6.07) is 0. The van der Waals surface area contributed by atoms with Gasteiger partial charge in [-0.15, -0.1) is 0 Å². The van der Waals surface area contributed by atoms with Crippen molar-refractivity contribution in [3.05, 3.63) is 0 Å². The molecular weight excluding hydrogens is 174 g/mol. The van der Waals surface area contributed by atoms with Crippen LogP contribution >= 0.6 is 0 Å². The van der Waals surface area contributed by atoms with Gasteiger partial charge in [0, 0.05) is 0 Å². The quantitative estimate of drug-likeness (QED) is 0.402. The Kier molecular flexibility index (Phi) is 15.3. The molecule has 0 aliphatic heterocycles. The zero-order chi connectivity index (χ0) is 6.73. The number of carboxylic acid groups (broad SMARTS) is 2. The van der Waals surface area contributed by atoms with Crippen molar-refractivity contribution in [2.45, 2.75) is 6.92 Å². The first kappa shape index (κ1) is 17.6. The summed E-state index contributed by atoms with van der Waals surface area (Å²) in [6.45, 7) is 1.12. The zero-order valence-electron chi connectivity index (χ0n) is 4.29. The number of carboxylic acids is 2. The molecule has 0 heterocycles. The zero-order valence-corrected chi connectivity index (χ0v) is 4.29. The van der Waals surface area contributed by atoms with Crippen LogP contribution < -0.4 is 0 Å². The van der Waals surface area contributed by atoms with Crippen LogP contribution in [0, 0.1) is 5.92 Å². The normalized spacial score (nSPS) is 7.40. The Bertz CT molecular complexity index is 112. The standard InChI is InChI=1S/C4H6O4.K.Na.2H/c1-2(3(5)6)4(7)8;;;;/h2H,1H3,(H,5,6)(H,7,8);;;;. The van der Waals surface area contributed by atoms with Crippen LogP contribution in [-0.2, 0) is 9.59 Å². The molecular formula is C4H8KNaO4. The SMILES string of the molecule is CC(C(=O)O)C(=O)O.[KH].[NaH]. The molecule has 6 heteroatoms. The molecule has 0 aromatic rings. The average Bonchev–Trinajstić information content (AvgIpc) is 1.64. The van der Waals surface area contributed by atoms with Gasteiger partial charge < -0.3 is 10.2 Å². The first-order valence-corrected chi connectivity index (χ1v) is 2.01. The molecule has 10 heavy (non-hydrogen) atoms. The maximum absolute atomic E-state index is 9.76. The number of aliphatic carboxylic acids is 2. The Morgan fingerprint density at radius 1 is 1.20 bits per heavy atom. The van der Waals surface area contributed by atoms with Gasteiger partial charge in [0.15, 0.2) is 5.92 Å². The summed E-state index contributed by atoms with van der Waals surface area (Å²) in [6.07, 6.45) is 0. The monoisotopic (exact) mass is 182 g/mol. The fraction of sp³-hybridized carbons (Fsp3) is 0.500. The van der Waals surface area contributed by atoms with Crippen LogP contribution in [0.25, 0.3) is 0 Å². The predicted molar refractivity (Wildman–Crippen MR) is 38.7 cm³/mol. The van der Waals surface area contributed by atoms with Gasteiger partial charge in [0.2, 0.25) is 0 Å². The molecule has 0 aliphatic carbocycles. The van der Waals surface area contributed by atoms with Gasteiger partial charge in [-0.2, -0.15) is 0 Å².